The van der Waals surface area contributed by atoms with Gasteiger partial charge in [0.25, 0.3) is 0 Å². The van der Waals surface area contributed by atoms with Crippen molar-refractivity contribution in [2.75, 3.05) is 11.9 Å². The van der Waals surface area contributed by atoms with Gasteiger partial charge in [0.05, 0.1) is 4.90 Å². The van der Waals surface area contributed by atoms with Gasteiger partial charge in [-0.25, -0.2) is 8.42 Å². The van der Waals surface area contributed by atoms with Crippen molar-refractivity contribution in [2.24, 2.45) is 0 Å². The fourth-order valence-corrected chi connectivity index (χ4v) is 4.65. The highest BCUT2D eigenvalue weighted by molar-refractivity contribution is 7.91. The van der Waals surface area contributed by atoms with Crippen molar-refractivity contribution in [1.82, 2.24) is 4.98 Å². The highest BCUT2D eigenvalue weighted by Crippen LogP contribution is 2.35. The third-order valence-electron chi connectivity index (χ3n) is 4.87. The van der Waals surface area contributed by atoms with Crippen LogP contribution < -0.4 is 4.90 Å². The smallest absolute Gasteiger partial charge is 0.236 e. The van der Waals surface area contributed by atoms with Gasteiger partial charge in [0.2, 0.25) is 26.6 Å². The molecule has 0 fully saturated rings. The van der Waals surface area contributed by atoms with Gasteiger partial charge in [-0.2, -0.15) is 4.98 Å². The molecule has 0 radical (unpaired) electrons. The number of nitrogens with zero attached hydrogens (tertiary/aromatic N) is 2. The van der Waals surface area contributed by atoms with Crippen molar-refractivity contribution in [3.8, 4) is 11.5 Å². The molecular weight excluding hydrogens is 396 g/mol. The molecule has 5 nitrogen and oxygen atoms in total. The van der Waals surface area contributed by atoms with Crippen LogP contribution in [0.15, 0.2) is 99.3 Å². The molecule has 0 aliphatic heterocycles. The molecule has 0 N–H and O–H groups in total. The van der Waals surface area contributed by atoms with Crippen LogP contribution in [0.5, 0.6) is 0 Å². The molecule has 0 saturated carbocycles. The molecule has 1 heterocycles. The molecule has 0 atom stereocenters. The molecule has 4 aromatic rings. The Bertz CT molecular complexity index is 1250. The van der Waals surface area contributed by atoms with E-state index in [-0.39, 0.29) is 21.7 Å². The number of aromatic nitrogens is 1. The monoisotopic (exact) mass is 418 g/mol. The number of hydrogen-bond donors (Lipinski definition) is 0. The van der Waals surface area contributed by atoms with E-state index in [4.69, 9.17) is 4.42 Å². The van der Waals surface area contributed by atoms with Crippen LogP contribution in [0.4, 0.5) is 5.88 Å². The Labute approximate surface area is 176 Å². The minimum Gasteiger partial charge on any atom is -0.419 e. The van der Waals surface area contributed by atoms with Crippen molar-refractivity contribution in [3.05, 3.63) is 96.1 Å². The highest BCUT2D eigenvalue weighted by atomic mass is 32.2. The van der Waals surface area contributed by atoms with Gasteiger partial charge in [-0.3, -0.25) is 0 Å². The summed E-state index contributed by atoms with van der Waals surface area (Å²) >= 11 is 0. The molecule has 0 bridgehead atoms. The molecule has 1 aromatic heterocycles. The molecule has 0 saturated heterocycles. The molecule has 0 amide bonds. The zero-order valence-electron chi connectivity index (χ0n) is 16.8. The molecule has 4 rings (SSSR count). The number of benzene rings is 3. The minimum absolute atomic E-state index is 0.0783. The van der Waals surface area contributed by atoms with Crippen LogP contribution in [0.3, 0.4) is 0 Å². The topological polar surface area (TPSA) is 63.4 Å². The zero-order chi connectivity index (χ0) is 21.1. The van der Waals surface area contributed by atoms with Crippen molar-refractivity contribution in [1.29, 1.82) is 0 Å². The molecule has 30 heavy (non-hydrogen) atoms. The lowest BCUT2D eigenvalue weighted by molar-refractivity contribution is 0.553. The first-order valence-electron chi connectivity index (χ1n) is 9.59. The summed E-state index contributed by atoms with van der Waals surface area (Å²) in [6, 6.07) is 25.7. The summed E-state index contributed by atoms with van der Waals surface area (Å²) in [5.74, 6) is 0.512. The van der Waals surface area contributed by atoms with Crippen molar-refractivity contribution in [2.45, 2.75) is 23.4 Å². The van der Waals surface area contributed by atoms with Crippen LogP contribution in [0, 0.1) is 6.92 Å². The first-order valence-corrected chi connectivity index (χ1v) is 11.1. The maximum absolute atomic E-state index is 13.4. The second-order valence-corrected chi connectivity index (χ2v) is 8.97. The Morgan fingerprint density at radius 3 is 2.13 bits per heavy atom. The molecule has 6 heteroatoms. The predicted octanol–water partition coefficient (Wildman–Crippen LogP) is 5.12. The van der Waals surface area contributed by atoms with E-state index < -0.39 is 9.84 Å². The second kappa shape index (κ2) is 8.16. The van der Waals surface area contributed by atoms with Crippen LogP contribution in [0.1, 0.15) is 11.1 Å². The van der Waals surface area contributed by atoms with Gasteiger partial charge in [0.15, 0.2) is 0 Å². The largest absolute Gasteiger partial charge is 0.419 e. The number of sulfone groups is 1. The number of hydrogen-bond acceptors (Lipinski definition) is 5. The molecule has 152 valence electrons. The fourth-order valence-electron chi connectivity index (χ4n) is 3.28. The summed E-state index contributed by atoms with van der Waals surface area (Å²) in [5, 5.41) is -0.0783. The van der Waals surface area contributed by atoms with Gasteiger partial charge in [0.1, 0.15) is 0 Å². The summed E-state index contributed by atoms with van der Waals surface area (Å²) in [6.07, 6.45) is 0. The number of oxazole rings is 1. The first-order chi connectivity index (χ1) is 14.5. The van der Waals surface area contributed by atoms with Gasteiger partial charge in [0, 0.05) is 19.2 Å². The van der Waals surface area contributed by atoms with Crippen LogP contribution in [0.2, 0.25) is 0 Å². The van der Waals surface area contributed by atoms with Crippen LogP contribution in [-0.2, 0) is 16.4 Å². The molecule has 0 spiro atoms. The van der Waals surface area contributed by atoms with Gasteiger partial charge in [-0.15, -0.1) is 0 Å². The number of anilines is 1. The van der Waals surface area contributed by atoms with Crippen LogP contribution in [-0.4, -0.2) is 20.4 Å². The maximum atomic E-state index is 13.4. The van der Waals surface area contributed by atoms with Crippen molar-refractivity contribution in [3.63, 3.8) is 0 Å². The van der Waals surface area contributed by atoms with Gasteiger partial charge < -0.3 is 9.32 Å². The second-order valence-electron chi connectivity index (χ2n) is 7.10. The normalized spacial score (nSPS) is 11.4. The van der Waals surface area contributed by atoms with E-state index in [1.165, 1.54) is 0 Å². The standard InChI is InChI=1S/C24H22N2O3S/c1-18-11-9-10-16-21(18)22-25-23(30(27,28)20-14-7-4-8-15-20)24(29-22)26(2)17-19-12-5-3-6-13-19/h3-16H,17H2,1-2H3. The molecule has 0 aliphatic carbocycles. The Morgan fingerprint density at radius 2 is 1.47 bits per heavy atom. The zero-order valence-corrected chi connectivity index (χ0v) is 17.6. The lowest BCUT2D eigenvalue weighted by Crippen LogP contribution is -2.18. The molecule has 0 aliphatic rings. The third-order valence-corrected chi connectivity index (χ3v) is 6.54. The van der Waals surface area contributed by atoms with Crippen LogP contribution >= 0.6 is 0 Å². The lowest BCUT2D eigenvalue weighted by Gasteiger charge is -2.17. The Hall–Kier alpha value is -3.38. The van der Waals surface area contributed by atoms with E-state index in [0.717, 1.165) is 16.7 Å². The summed E-state index contributed by atoms with van der Waals surface area (Å²) in [4.78, 5) is 6.42. The van der Waals surface area contributed by atoms with E-state index in [1.807, 2.05) is 61.5 Å². The lowest BCUT2D eigenvalue weighted by atomic mass is 10.1. The average molecular weight is 419 g/mol. The predicted molar refractivity (Wildman–Crippen MR) is 117 cm³/mol. The van der Waals surface area contributed by atoms with E-state index in [9.17, 15) is 8.42 Å². The molecule has 3 aromatic carbocycles. The number of rotatable bonds is 6. The number of aryl methyl sites for hydroxylation is 1. The van der Waals surface area contributed by atoms with Gasteiger partial charge in [-0.05, 0) is 36.2 Å². The maximum Gasteiger partial charge on any atom is 0.236 e. The quantitative estimate of drug-likeness (QED) is 0.435. The van der Waals surface area contributed by atoms with E-state index in [1.54, 1.807) is 42.3 Å². The van der Waals surface area contributed by atoms with Gasteiger partial charge >= 0.3 is 0 Å². The summed E-state index contributed by atoms with van der Waals surface area (Å²) in [5.41, 5.74) is 2.76. The van der Waals surface area contributed by atoms with Crippen LogP contribution in [0.25, 0.3) is 11.5 Å². The fraction of sp³-hybridized carbons (Fsp3) is 0.125. The van der Waals surface area contributed by atoms with Crippen molar-refractivity contribution >= 4 is 15.7 Å². The molecular formula is C24H22N2O3S. The Kier molecular flexibility index (Phi) is 5.42. The van der Waals surface area contributed by atoms with E-state index in [2.05, 4.69) is 4.98 Å². The highest BCUT2D eigenvalue weighted by Gasteiger charge is 2.30. The first kappa shape index (κ1) is 19.9. The van der Waals surface area contributed by atoms with E-state index in [0.29, 0.717) is 6.54 Å². The summed E-state index contributed by atoms with van der Waals surface area (Å²) in [6.45, 7) is 2.43. The minimum atomic E-state index is -3.85. The summed E-state index contributed by atoms with van der Waals surface area (Å²) in [7, 11) is -2.05. The molecule has 0 unspecified atom stereocenters. The Balaban J connectivity index is 1.84. The Morgan fingerprint density at radius 1 is 0.867 bits per heavy atom. The third kappa shape index (κ3) is 3.86. The van der Waals surface area contributed by atoms with Gasteiger partial charge in [-0.1, -0.05) is 66.7 Å². The average Bonchev–Trinajstić information content (AvgIpc) is 3.22. The van der Waals surface area contributed by atoms with E-state index >= 15 is 0 Å². The summed E-state index contributed by atoms with van der Waals surface area (Å²) < 4.78 is 32.8. The van der Waals surface area contributed by atoms with Crippen molar-refractivity contribution < 1.29 is 12.8 Å². The SMILES string of the molecule is Cc1ccccc1-c1nc(S(=O)(=O)c2ccccc2)c(N(C)Cc2ccccc2)o1.